The van der Waals surface area contributed by atoms with Gasteiger partial charge in [0.1, 0.15) is 5.82 Å². The van der Waals surface area contributed by atoms with Crippen LogP contribution in [0.3, 0.4) is 0 Å². The maximum absolute atomic E-state index is 5.95. The molecule has 0 saturated carbocycles. The Hall–Kier alpha value is -0.520. The van der Waals surface area contributed by atoms with E-state index in [1.54, 1.807) is 11.3 Å². The number of hydrogen-bond acceptors (Lipinski definition) is 4. The van der Waals surface area contributed by atoms with Crippen LogP contribution in [-0.2, 0) is 6.54 Å². The monoisotopic (exact) mass is 271 g/mol. The molecule has 0 fully saturated rings. The van der Waals surface area contributed by atoms with Crippen LogP contribution in [0.15, 0.2) is 12.1 Å². The van der Waals surface area contributed by atoms with Crippen molar-refractivity contribution >= 4 is 34.7 Å². The first-order chi connectivity index (χ1) is 7.75. The largest absolute Gasteiger partial charge is 0.309 e. The first kappa shape index (κ1) is 10.6. The Morgan fingerprint density at radius 1 is 1.44 bits per heavy atom. The summed E-state index contributed by atoms with van der Waals surface area (Å²) in [5, 5.41) is 9.00. The van der Waals surface area contributed by atoms with Gasteiger partial charge in [-0.05, 0) is 19.1 Å². The molecule has 6 heteroatoms. The first-order valence-electron chi connectivity index (χ1n) is 5.06. The molecule has 3 rings (SSSR count). The van der Waals surface area contributed by atoms with Gasteiger partial charge < -0.3 is 4.57 Å². The second kappa shape index (κ2) is 4.05. The highest BCUT2D eigenvalue weighted by atomic mass is 35.5. The Morgan fingerprint density at radius 2 is 2.31 bits per heavy atom. The van der Waals surface area contributed by atoms with E-state index in [2.05, 4.69) is 21.7 Å². The maximum Gasteiger partial charge on any atom is 0.174 e. The highest BCUT2D eigenvalue weighted by molar-refractivity contribution is 7.99. The predicted molar refractivity (Wildman–Crippen MR) is 69.2 cm³/mol. The molecular weight excluding hydrogens is 262 g/mol. The van der Waals surface area contributed by atoms with Crippen molar-refractivity contribution in [2.75, 3.05) is 5.75 Å². The van der Waals surface area contributed by atoms with Crippen molar-refractivity contribution in [3.8, 4) is 10.7 Å². The second-order valence-corrected chi connectivity index (χ2v) is 6.81. The van der Waals surface area contributed by atoms with Crippen molar-refractivity contribution in [3.05, 3.63) is 22.3 Å². The average molecular weight is 272 g/mol. The van der Waals surface area contributed by atoms with Crippen molar-refractivity contribution in [1.29, 1.82) is 0 Å². The number of rotatable bonds is 1. The molecule has 1 unspecified atom stereocenters. The van der Waals surface area contributed by atoms with Crippen LogP contribution in [0.2, 0.25) is 4.34 Å². The van der Waals surface area contributed by atoms with Gasteiger partial charge >= 0.3 is 0 Å². The Balaban J connectivity index is 2.09. The molecular formula is C10H10ClN3S2. The quantitative estimate of drug-likeness (QED) is 0.796. The summed E-state index contributed by atoms with van der Waals surface area (Å²) >= 11 is 9.43. The van der Waals surface area contributed by atoms with Crippen molar-refractivity contribution in [2.24, 2.45) is 0 Å². The Morgan fingerprint density at radius 3 is 3.06 bits per heavy atom. The minimum atomic E-state index is 0.436. The van der Waals surface area contributed by atoms with Gasteiger partial charge in [0.15, 0.2) is 5.82 Å². The lowest BCUT2D eigenvalue weighted by atomic mass is 10.4. The topological polar surface area (TPSA) is 30.7 Å². The summed E-state index contributed by atoms with van der Waals surface area (Å²) in [6.45, 7) is 3.16. The molecule has 0 N–H and O–H groups in total. The van der Waals surface area contributed by atoms with E-state index in [1.807, 2.05) is 23.9 Å². The van der Waals surface area contributed by atoms with Crippen LogP contribution >= 0.6 is 34.7 Å². The lowest BCUT2D eigenvalue weighted by Gasteiger charge is -2.19. The summed E-state index contributed by atoms with van der Waals surface area (Å²) in [6.07, 6.45) is 0. The molecule has 0 aromatic carbocycles. The van der Waals surface area contributed by atoms with E-state index in [4.69, 9.17) is 11.6 Å². The van der Waals surface area contributed by atoms with Crippen LogP contribution in [0.5, 0.6) is 0 Å². The van der Waals surface area contributed by atoms with Crippen LogP contribution in [0.25, 0.3) is 10.7 Å². The molecule has 0 amide bonds. The molecule has 2 aromatic heterocycles. The van der Waals surface area contributed by atoms with Gasteiger partial charge in [0.05, 0.1) is 14.5 Å². The molecule has 1 aliphatic rings. The van der Waals surface area contributed by atoms with E-state index in [1.165, 1.54) is 0 Å². The third-order valence-corrected chi connectivity index (χ3v) is 4.98. The van der Waals surface area contributed by atoms with Crippen LogP contribution < -0.4 is 0 Å². The van der Waals surface area contributed by atoms with Crippen molar-refractivity contribution in [3.63, 3.8) is 0 Å². The standard InChI is InChI=1S/C10H10ClN3S2/c1-6-9-12-13-10(14(9)4-5-15-6)7-2-3-8(11)16-7/h2-3,6H,4-5H2,1H3. The van der Waals surface area contributed by atoms with Crippen molar-refractivity contribution in [1.82, 2.24) is 14.8 Å². The van der Waals surface area contributed by atoms with Gasteiger partial charge in [-0.2, -0.15) is 0 Å². The fourth-order valence-electron chi connectivity index (χ4n) is 1.85. The number of fused-ring (bicyclic) bond motifs is 1. The highest BCUT2D eigenvalue weighted by Crippen LogP contribution is 2.36. The van der Waals surface area contributed by atoms with Crippen molar-refractivity contribution in [2.45, 2.75) is 18.7 Å². The number of nitrogens with zero attached hydrogens (tertiary/aromatic N) is 3. The van der Waals surface area contributed by atoms with E-state index in [9.17, 15) is 0 Å². The molecule has 1 atom stereocenters. The lowest BCUT2D eigenvalue weighted by Crippen LogP contribution is -2.14. The second-order valence-electron chi connectivity index (χ2n) is 3.65. The van der Waals surface area contributed by atoms with Crippen LogP contribution in [0.4, 0.5) is 0 Å². The first-order valence-corrected chi connectivity index (χ1v) is 7.30. The van der Waals surface area contributed by atoms with Gasteiger partial charge in [-0.25, -0.2) is 0 Å². The van der Waals surface area contributed by atoms with Gasteiger partial charge in [-0.15, -0.1) is 33.3 Å². The Bertz CT molecular complexity index is 520. The van der Waals surface area contributed by atoms with Crippen LogP contribution in [0, 0.1) is 0 Å². The fraction of sp³-hybridized carbons (Fsp3) is 0.400. The highest BCUT2D eigenvalue weighted by Gasteiger charge is 2.23. The van der Waals surface area contributed by atoms with Crippen LogP contribution in [0.1, 0.15) is 18.0 Å². The number of thiophene rings is 1. The minimum absolute atomic E-state index is 0.436. The van der Waals surface area contributed by atoms with E-state index >= 15 is 0 Å². The van der Waals surface area contributed by atoms with Gasteiger partial charge in [-0.1, -0.05) is 11.6 Å². The SMILES string of the molecule is CC1SCCn2c(-c3ccc(Cl)s3)nnc21. The Kier molecular flexibility index (Phi) is 2.69. The molecule has 1 aliphatic heterocycles. The summed E-state index contributed by atoms with van der Waals surface area (Å²) in [5.74, 6) is 3.16. The molecule has 0 bridgehead atoms. The third kappa shape index (κ3) is 1.67. The van der Waals surface area contributed by atoms with Crippen molar-refractivity contribution < 1.29 is 0 Å². The van der Waals surface area contributed by atoms with Gasteiger partial charge in [-0.3, -0.25) is 0 Å². The molecule has 3 nitrogen and oxygen atoms in total. The van der Waals surface area contributed by atoms with Crippen LogP contribution in [-0.4, -0.2) is 20.5 Å². The zero-order valence-electron chi connectivity index (χ0n) is 8.68. The minimum Gasteiger partial charge on any atom is -0.309 e. The molecule has 0 saturated heterocycles. The van der Waals surface area contributed by atoms with E-state index in [-0.39, 0.29) is 0 Å². The van der Waals surface area contributed by atoms with E-state index in [0.717, 1.165) is 33.2 Å². The fourth-order valence-corrected chi connectivity index (χ4v) is 3.85. The lowest BCUT2D eigenvalue weighted by molar-refractivity contribution is 0.692. The molecule has 3 heterocycles. The molecule has 0 aliphatic carbocycles. The van der Waals surface area contributed by atoms with Gasteiger partial charge in [0.2, 0.25) is 0 Å². The Labute approximate surface area is 107 Å². The normalized spacial score (nSPS) is 19.8. The van der Waals surface area contributed by atoms with Gasteiger partial charge in [0, 0.05) is 12.3 Å². The average Bonchev–Trinajstić information content (AvgIpc) is 2.84. The molecule has 0 spiro atoms. The number of halogens is 1. The maximum atomic E-state index is 5.95. The summed E-state index contributed by atoms with van der Waals surface area (Å²) in [6, 6.07) is 3.92. The summed E-state index contributed by atoms with van der Waals surface area (Å²) < 4.78 is 3.01. The van der Waals surface area contributed by atoms with Gasteiger partial charge in [0.25, 0.3) is 0 Å². The number of aromatic nitrogens is 3. The smallest absolute Gasteiger partial charge is 0.174 e. The number of thioether (sulfide) groups is 1. The zero-order valence-corrected chi connectivity index (χ0v) is 11.1. The molecule has 0 radical (unpaired) electrons. The zero-order chi connectivity index (χ0) is 11.1. The molecule has 84 valence electrons. The number of hydrogen-bond donors (Lipinski definition) is 0. The molecule has 2 aromatic rings. The summed E-state index contributed by atoms with van der Waals surface area (Å²) in [7, 11) is 0. The summed E-state index contributed by atoms with van der Waals surface area (Å²) in [4.78, 5) is 1.10. The third-order valence-electron chi connectivity index (χ3n) is 2.62. The van der Waals surface area contributed by atoms with E-state index < -0.39 is 0 Å². The van der Waals surface area contributed by atoms with E-state index in [0.29, 0.717) is 5.25 Å². The molecule has 16 heavy (non-hydrogen) atoms. The predicted octanol–water partition coefficient (Wildman–Crippen LogP) is 3.47. The summed E-state index contributed by atoms with van der Waals surface area (Å²) in [5.41, 5.74) is 0.